The van der Waals surface area contributed by atoms with Crippen molar-refractivity contribution in [1.29, 1.82) is 0 Å². The second kappa shape index (κ2) is 5.30. The third kappa shape index (κ3) is 3.15. The van der Waals surface area contributed by atoms with Crippen molar-refractivity contribution in [2.45, 2.75) is 12.2 Å². The van der Waals surface area contributed by atoms with Gasteiger partial charge in [0.05, 0.1) is 17.8 Å². The van der Waals surface area contributed by atoms with Gasteiger partial charge in [0.15, 0.2) is 11.5 Å². The fraction of sp³-hybridized carbons (Fsp3) is 0.400. The molecule has 96 valence electrons. The normalized spacial score (nSPS) is 13.4. The van der Waals surface area contributed by atoms with Gasteiger partial charge in [-0.25, -0.2) is 0 Å². The molecule has 0 heterocycles. The van der Waals surface area contributed by atoms with Gasteiger partial charge in [0.1, 0.15) is 6.04 Å². The maximum atomic E-state index is 12.5. The van der Waals surface area contributed by atoms with Crippen LogP contribution in [0.5, 0.6) is 11.5 Å². The summed E-state index contributed by atoms with van der Waals surface area (Å²) < 4.78 is 48.0. The molecule has 0 unspecified atom stereocenters. The maximum absolute atomic E-state index is 12.5. The van der Waals surface area contributed by atoms with E-state index in [1.165, 1.54) is 26.4 Å². The molecule has 0 fully saturated rings. The Labute approximate surface area is 110 Å². The highest BCUT2D eigenvalue weighted by Gasteiger charge is 2.38. The summed E-state index contributed by atoms with van der Waals surface area (Å²) in [4.78, 5) is 0. The van der Waals surface area contributed by atoms with Crippen molar-refractivity contribution in [3.05, 3.63) is 21.3 Å². The number of methoxy groups -OCH3 is 2. The van der Waals surface area contributed by atoms with Gasteiger partial charge in [-0.05, 0) is 40.3 Å². The zero-order valence-electron chi connectivity index (χ0n) is 9.14. The van der Waals surface area contributed by atoms with Crippen molar-refractivity contribution in [1.82, 2.24) is 0 Å². The van der Waals surface area contributed by atoms with Gasteiger partial charge in [-0.2, -0.15) is 13.2 Å². The van der Waals surface area contributed by atoms with Crippen LogP contribution in [-0.2, 0) is 0 Å². The molecule has 0 saturated heterocycles. The predicted molar refractivity (Wildman–Crippen MR) is 65.2 cm³/mol. The molecule has 1 rings (SSSR count). The van der Waals surface area contributed by atoms with Crippen molar-refractivity contribution in [3.8, 4) is 11.5 Å². The summed E-state index contributed by atoms with van der Waals surface area (Å²) in [5.41, 5.74) is 5.08. The molecule has 0 spiro atoms. The minimum Gasteiger partial charge on any atom is -0.493 e. The first-order chi connectivity index (χ1) is 7.81. The number of ether oxygens (including phenoxy) is 2. The second-order valence-electron chi connectivity index (χ2n) is 3.26. The van der Waals surface area contributed by atoms with E-state index in [9.17, 15) is 13.2 Å². The molecule has 0 aliphatic rings. The van der Waals surface area contributed by atoms with Gasteiger partial charge in [0.25, 0.3) is 0 Å². The minimum absolute atomic E-state index is 0.0560. The summed E-state index contributed by atoms with van der Waals surface area (Å²) >= 11 is 1.87. The Morgan fingerprint density at radius 3 is 2.24 bits per heavy atom. The van der Waals surface area contributed by atoms with Crippen LogP contribution in [0.25, 0.3) is 0 Å². The number of rotatable bonds is 3. The van der Waals surface area contributed by atoms with E-state index in [0.717, 1.165) is 0 Å². The lowest BCUT2D eigenvalue weighted by Gasteiger charge is -2.18. The van der Waals surface area contributed by atoms with Crippen molar-refractivity contribution in [2.75, 3.05) is 14.2 Å². The minimum atomic E-state index is -4.48. The van der Waals surface area contributed by atoms with Crippen LogP contribution >= 0.6 is 22.6 Å². The summed E-state index contributed by atoms with van der Waals surface area (Å²) in [5, 5.41) is 0. The lowest BCUT2D eigenvalue weighted by molar-refractivity contribution is -0.149. The summed E-state index contributed by atoms with van der Waals surface area (Å²) in [6.45, 7) is 0. The first-order valence-corrected chi connectivity index (χ1v) is 5.62. The molecule has 17 heavy (non-hydrogen) atoms. The molecule has 7 heteroatoms. The van der Waals surface area contributed by atoms with Gasteiger partial charge in [-0.1, -0.05) is 0 Å². The smallest absolute Gasteiger partial charge is 0.407 e. The van der Waals surface area contributed by atoms with E-state index in [0.29, 0.717) is 9.32 Å². The van der Waals surface area contributed by atoms with Gasteiger partial charge >= 0.3 is 6.18 Å². The third-order valence-electron chi connectivity index (χ3n) is 2.17. The van der Waals surface area contributed by atoms with Gasteiger partial charge in [-0.3, -0.25) is 0 Å². The number of hydrogen-bond donors (Lipinski definition) is 1. The Bertz CT molecular complexity index is 409. The summed E-state index contributed by atoms with van der Waals surface area (Å²) in [5.74, 6) is 0.625. The Morgan fingerprint density at radius 1 is 1.24 bits per heavy atom. The number of halogens is 4. The van der Waals surface area contributed by atoms with Crippen LogP contribution in [0.3, 0.4) is 0 Å². The average Bonchev–Trinajstić information content (AvgIpc) is 2.25. The van der Waals surface area contributed by atoms with Crippen molar-refractivity contribution in [3.63, 3.8) is 0 Å². The summed E-state index contributed by atoms with van der Waals surface area (Å²) in [6, 6.07) is 0.537. The SMILES string of the molecule is COc1cc([C@@H](N)C(F)(F)F)cc(I)c1OC. The molecular weight excluding hydrogens is 350 g/mol. The lowest BCUT2D eigenvalue weighted by Crippen LogP contribution is -2.28. The number of hydrogen-bond acceptors (Lipinski definition) is 3. The standard InChI is InChI=1S/C10H11F3INO2/c1-16-7-4-5(9(15)10(11,12)13)3-6(14)8(7)17-2/h3-4,9H,15H2,1-2H3/t9-/m1/s1. The van der Waals surface area contributed by atoms with E-state index in [-0.39, 0.29) is 11.3 Å². The largest absolute Gasteiger partial charge is 0.493 e. The molecule has 1 aromatic rings. The Morgan fingerprint density at radius 2 is 1.82 bits per heavy atom. The van der Waals surface area contributed by atoms with Crippen molar-refractivity contribution < 1.29 is 22.6 Å². The van der Waals surface area contributed by atoms with E-state index in [1.807, 2.05) is 22.6 Å². The fourth-order valence-corrected chi connectivity index (χ4v) is 2.15. The predicted octanol–water partition coefficient (Wildman–Crippen LogP) is 2.87. The average molecular weight is 361 g/mol. The van der Waals surface area contributed by atoms with Crippen molar-refractivity contribution >= 4 is 22.6 Å². The van der Waals surface area contributed by atoms with Crippen LogP contribution in [0.2, 0.25) is 0 Å². The second-order valence-corrected chi connectivity index (χ2v) is 4.42. The molecule has 0 aromatic heterocycles. The first kappa shape index (κ1) is 14.4. The van der Waals surface area contributed by atoms with Crippen LogP contribution < -0.4 is 15.2 Å². The number of alkyl halides is 3. The topological polar surface area (TPSA) is 44.5 Å². The van der Waals surface area contributed by atoms with E-state index in [1.54, 1.807) is 0 Å². The van der Waals surface area contributed by atoms with Crippen LogP contribution in [0.4, 0.5) is 13.2 Å². The van der Waals surface area contributed by atoms with Gasteiger partial charge in [0.2, 0.25) is 0 Å². The summed E-state index contributed by atoms with van der Waals surface area (Å²) in [6.07, 6.45) is -4.48. The molecule has 1 atom stereocenters. The molecule has 0 saturated carbocycles. The zero-order chi connectivity index (χ0) is 13.2. The van der Waals surface area contributed by atoms with Crippen LogP contribution in [0, 0.1) is 3.57 Å². The van der Waals surface area contributed by atoms with Crippen LogP contribution in [0.15, 0.2) is 12.1 Å². The lowest BCUT2D eigenvalue weighted by atomic mass is 10.1. The van der Waals surface area contributed by atoms with E-state index >= 15 is 0 Å². The maximum Gasteiger partial charge on any atom is 0.407 e. The highest BCUT2D eigenvalue weighted by atomic mass is 127. The highest BCUT2D eigenvalue weighted by Crippen LogP contribution is 2.38. The first-order valence-electron chi connectivity index (χ1n) is 4.55. The van der Waals surface area contributed by atoms with Crippen LogP contribution in [0.1, 0.15) is 11.6 Å². The third-order valence-corrected chi connectivity index (χ3v) is 2.97. The quantitative estimate of drug-likeness (QED) is 0.843. The molecular formula is C10H11F3INO2. The van der Waals surface area contributed by atoms with E-state index in [2.05, 4.69) is 0 Å². The molecule has 0 aliphatic carbocycles. The molecule has 2 N–H and O–H groups in total. The number of nitrogens with two attached hydrogens (primary N) is 1. The van der Waals surface area contributed by atoms with E-state index in [4.69, 9.17) is 15.2 Å². The Balaban J connectivity index is 3.25. The molecule has 1 aromatic carbocycles. The zero-order valence-corrected chi connectivity index (χ0v) is 11.3. The fourth-order valence-electron chi connectivity index (χ4n) is 1.31. The number of benzene rings is 1. The van der Waals surface area contributed by atoms with Gasteiger partial charge in [-0.15, -0.1) is 0 Å². The monoisotopic (exact) mass is 361 g/mol. The van der Waals surface area contributed by atoms with Gasteiger partial charge < -0.3 is 15.2 Å². The van der Waals surface area contributed by atoms with Crippen molar-refractivity contribution in [2.24, 2.45) is 5.73 Å². The molecule has 0 bridgehead atoms. The van der Waals surface area contributed by atoms with E-state index < -0.39 is 12.2 Å². The highest BCUT2D eigenvalue weighted by molar-refractivity contribution is 14.1. The Kier molecular flexibility index (Phi) is 4.48. The van der Waals surface area contributed by atoms with Gasteiger partial charge in [0, 0.05) is 0 Å². The van der Waals surface area contributed by atoms with Crippen LogP contribution in [-0.4, -0.2) is 20.4 Å². The summed E-state index contributed by atoms with van der Waals surface area (Å²) in [7, 11) is 2.78. The molecule has 0 aliphatic heterocycles. The Hall–Kier alpha value is -0.700. The molecule has 3 nitrogen and oxygen atoms in total. The molecule has 0 amide bonds. The molecule has 0 radical (unpaired) electrons.